The van der Waals surface area contributed by atoms with Gasteiger partial charge in [0.1, 0.15) is 11.4 Å². The molecule has 4 aromatic rings. The first-order valence-electron chi connectivity index (χ1n) is 18.4. The second kappa shape index (κ2) is 15.9. The number of pyridine rings is 1. The molecule has 2 saturated heterocycles. The topological polar surface area (TPSA) is 120 Å². The number of rotatable bonds is 11. The SMILES string of the molecule is CC(C)(C)[Si](C)(C)OC(CNCCc1cccc(CN2CCC3(CC2)CN(C(=O)c2csc(C(F)(F)F)n2)CCO3)c1)c1ccc(O)c2[nH]c(=O)ccc12. The lowest BCUT2D eigenvalue weighted by atomic mass is 9.89. The first-order chi connectivity index (χ1) is 25.4. The van der Waals surface area contributed by atoms with Crippen molar-refractivity contribution in [2.75, 3.05) is 45.9 Å². The molecule has 0 radical (unpaired) electrons. The van der Waals surface area contributed by atoms with Crippen molar-refractivity contribution in [3.05, 3.63) is 91.7 Å². The number of carbonyl (C=O) groups excluding carboxylic acids is 1. The van der Waals surface area contributed by atoms with Gasteiger partial charge in [0.15, 0.2) is 13.3 Å². The lowest BCUT2D eigenvalue weighted by Gasteiger charge is -2.47. The van der Waals surface area contributed by atoms with Crippen LogP contribution in [0.15, 0.2) is 58.7 Å². The molecule has 2 aromatic heterocycles. The van der Waals surface area contributed by atoms with Crippen molar-refractivity contribution in [1.29, 1.82) is 0 Å². The van der Waals surface area contributed by atoms with Crippen LogP contribution in [0.1, 0.15) is 71.9 Å². The number of nitrogens with zero attached hydrogens (tertiary/aromatic N) is 3. The Morgan fingerprint density at radius 2 is 1.85 bits per heavy atom. The highest BCUT2D eigenvalue weighted by Gasteiger charge is 2.43. The largest absolute Gasteiger partial charge is 0.506 e. The highest BCUT2D eigenvalue weighted by Crippen LogP contribution is 2.41. The third-order valence-corrected chi connectivity index (χ3v) is 16.5. The number of benzene rings is 2. The molecule has 10 nitrogen and oxygen atoms in total. The first kappa shape index (κ1) is 40.1. The number of thiazole rings is 1. The summed E-state index contributed by atoms with van der Waals surface area (Å²) < 4.78 is 52.4. The van der Waals surface area contributed by atoms with E-state index in [9.17, 15) is 27.9 Å². The fourth-order valence-corrected chi connectivity index (χ4v) is 8.93. The minimum atomic E-state index is -4.57. The van der Waals surface area contributed by atoms with E-state index in [1.165, 1.54) is 22.6 Å². The molecular formula is C39H50F3N5O5SSi. The van der Waals surface area contributed by atoms with E-state index in [1.54, 1.807) is 17.0 Å². The molecule has 1 unspecified atom stereocenters. The Bertz CT molecular complexity index is 2000. The van der Waals surface area contributed by atoms with Crippen molar-refractivity contribution < 1.29 is 32.2 Å². The van der Waals surface area contributed by atoms with Crippen molar-refractivity contribution in [2.45, 2.75) is 82.6 Å². The minimum Gasteiger partial charge on any atom is -0.506 e. The van der Waals surface area contributed by atoms with Gasteiger partial charge < -0.3 is 29.5 Å². The van der Waals surface area contributed by atoms with Crippen molar-refractivity contribution in [1.82, 2.24) is 25.1 Å². The molecule has 1 spiro atoms. The van der Waals surface area contributed by atoms with Gasteiger partial charge in [-0.3, -0.25) is 14.5 Å². The molecule has 2 fully saturated rings. The Labute approximate surface area is 318 Å². The molecule has 15 heteroatoms. The van der Waals surface area contributed by atoms with Crippen molar-refractivity contribution in [3.63, 3.8) is 0 Å². The van der Waals surface area contributed by atoms with E-state index in [0.717, 1.165) is 56.4 Å². The molecule has 1 atom stereocenters. The number of halogens is 3. The van der Waals surface area contributed by atoms with E-state index in [1.807, 2.05) is 6.07 Å². The van der Waals surface area contributed by atoms with Gasteiger partial charge in [0.2, 0.25) is 5.56 Å². The molecule has 0 saturated carbocycles. The zero-order chi connectivity index (χ0) is 38.9. The molecular weight excluding hydrogens is 736 g/mol. The first-order valence-corrected chi connectivity index (χ1v) is 22.2. The summed E-state index contributed by atoms with van der Waals surface area (Å²) in [6.07, 6.45) is -2.61. The number of aromatic nitrogens is 2. The molecule has 1 amide bonds. The van der Waals surface area contributed by atoms with Gasteiger partial charge in [-0.15, -0.1) is 11.3 Å². The number of ether oxygens (including phenoxy) is 1. The number of amides is 1. The van der Waals surface area contributed by atoms with Crippen LogP contribution in [0.3, 0.4) is 0 Å². The van der Waals surface area contributed by atoms with Gasteiger partial charge in [-0.05, 0) is 72.8 Å². The van der Waals surface area contributed by atoms with E-state index in [-0.39, 0.29) is 28.1 Å². The number of phenols is 1. The number of fused-ring (bicyclic) bond motifs is 1. The normalized spacial score (nSPS) is 17.7. The van der Waals surface area contributed by atoms with Gasteiger partial charge in [-0.25, -0.2) is 4.98 Å². The van der Waals surface area contributed by atoms with E-state index in [2.05, 4.69) is 78.3 Å². The smallest absolute Gasteiger partial charge is 0.443 e. The van der Waals surface area contributed by atoms with Gasteiger partial charge in [0.05, 0.1) is 30.4 Å². The Hall–Kier alpha value is -3.60. The van der Waals surface area contributed by atoms with Crippen LogP contribution < -0.4 is 10.9 Å². The fourth-order valence-electron chi connectivity index (χ4n) is 7.00. The maximum Gasteiger partial charge on any atom is 0.443 e. The van der Waals surface area contributed by atoms with Crippen LogP contribution in [0, 0.1) is 0 Å². The average Bonchev–Trinajstić information content (AvgIpc) is 3.62. The van der Waals surface area contributed by atoms with Crippen LogP contribution in [-0.4, -0.2) is 90.6 Å². The number of alkyl halides is 3. The second-order valence-electron chi connectivity index (χ2n) is 16.0. The third kappa shape index (κ3) is 9.25. The van der Waals surface area contributed by atoms with Gasteiger partial charge in [-0.2, -0.15) is 13.2 Å². The minimum absolute atomic E-state index is 0.0143. The number of morpholine rings is 1. The quantitative estimate of drug-likeness (QED) is 0.109. The number of likely N-dealkylation sites (tertiary alicyclic amines) is 1. The van der Waals surface area contributed by atoms with E-state index >= 15 is 0 Å². The summed E-state index contributed by atoms with van der Waals surface area (Å²) in [7, 11) is -2.20. The zero-order valence-electron chi connectivity index (χ0n) is 31.5. The van der Waals surface area contributed by atoms with E-state index < -0.39 is 31.0 Å². The van der Waals surface area contributed by atoms with Gasteiger partial charge in [-0.1, -0.05) is 51.1 Å². The predicted molar refractivity (Wildman–Crippen MR) is 206 cm³/mol. The number of H-pyrrole nitrogens is 1. The number of phenolic OH excluding ortho intramolecular Hbond substituents is 1. The van der Waals surface area contributed by atoms with Gasteiger partial charge >= 0.3 is 6.18 Å². The predicted octanol–water partition coefficient (Wildman–Crippen LogP) is 7.11. The molecule has 2 aliphatic rings. The van der Waals surface area contributed by atoms with Crippen molar-refractivity contribution in [3.8, 4) is 5.75 Å². The maximum absolute atomic E-state index is 13.1. The van der Waals surface area contributed by atoms with Crippen molar-refractivity contribution >= 4 is 36.5 Å². The second-order valence-corrected chi connectivity index (χ2v) is 21.6. The van der Waals surface area contributed by atoms with Gasteiger partial charge in [0, 0.05) is 49.6 Å². The van der Waals surface area contributed by atoms with Crippen LogP contribution in [0.4, 0.5) is 13.2 Å². The van der Waals surface area contributed by atoms with Crippen LogP contribution in [-0.2, 0) is 28.3 Å². The summed E-state index contributed by atoms with van der Waals surface area (Å²) in [5.41, 5.74) is 2.78. The Kier molecular flexibility index (Phi) is 11.8. The number of aromatic hydroxyl groups is 1. The molecule has 0 aliphatic carbocycles. The Morgan fingerprint density at radius 1 is 1.11 bits per heavy atom. The molecule has 6 rings (SSSR count). The average molecular weight is 786 g/mol. The highest BCUT2D eigenvalue weighted by atomic mass is 32.1. The summed E-state index contributed by atoms with van der Waals surface area (Å²) in [4.78, 5) is 35.4. The number of carbonyl (C=O) groups is 1. The molecule has 292 valence electrons. The summed E-state index contributed by atoms with van der Waals surface area (Å²) in [5, 5.41) is 15.0. The number of piperidine rings is 1. The summed E-state index contributed by atoms with van der Waals surface area (Å²) in [5.74, 6) is -0.459. The molecule has 2 aromatic carbocycles. The fraction of sp³-hybridized carbons (Fsp3) is 0.513. The third-order valence-electron chi connectivity index (χ3n) is 11.1. The lowest BCUT2D eigenvalue weighted by Crippen LogP contribution is -2.58. The maximum atomic E-state index is 13.1. The summed E-state index contributed by atoms with van der Waals surface area (Å²) in [6.45, 7) is 15.7. The Balaban J connectivity index is 1.03. The van der Waals surface area contributed by atoms with Crippen LogP contribution >= 0.6 is 11.3 Å². The molecule has 3 N–H and O–H groups in total. The van der Waals surface area contributed by atoms with Gasteiger partial charge in [0.25, 0.3) is 5.91 Å². The summed E-state index contributed by atoms with van der Waals surface area (Å²) >= 11 is 0.442. The molecule has 4 heterocycles. The number of aromatic amines is 1. The number of hydrogen-bond acceptors (Lipinski definition) is 9. The van der Waals surface area contributed by atoms with Crippen LogP contribution in [0.5, 0.6) is 5.75 Å². The zero-order valence-corrected chi connectivity index (χ0v) is 33.3. The van der Waals surface area contributed by atoms with E-state index in [4.69, 9.17) is 9.16 Å². The lowest BCUT2D eigenvalue weighted by molar-refractivity contribution is -0.137. The van der Waals surface area contributed by atoms with Crippen molar-refractivity contribution in [2.24, 2.45) is 0 Å². The number of nitrogens with one attached hydrogen (secondary N) is 2. The monoisotopic (exact) mass is 785 g/mol. The standard InChI is InChI=1S/C39H50F3N5O5SSi/c1-37(2,3)54(4,5)52-32(28-9-11-31(48)34-29(28)10-12-33(49)45-34)22-43-16-13-26-7-6-8-27(21-26)23-46-17-14-38(15-18-46)25-47(19-20-51-38)35(50)30-24-53-36(44-30)39(40,41)42/h6-12,21,24,32,43,48H,13-20,22-23,25H2,1-5H3,(H,45,49). The van der Waals surface area contributed by atoms with Crippen LogP contribution in [0.25, 0.3) is 10.9 Å². The number of hydrogen-bond donors (Lipinski definition) is 3. The van der Waals surface area contributed by atoms with E-state index in [0.29, 0.717) is 43.1 Å². The molecule has 0 bridgehead atoms. The van der Waals surface area contributed by atoms with Crippen LogP contribution in [0.2, 0.25) is 18.1 Å². The molecule has 54 heavy (non-hydrogen) atoms. The highest BCUT2D eigenvalue weighted by molar-refractivity contribution is 7.10. The molecule has 2 aliphatic heterocycles. The Morgan fingerprint density at radius 3 is 2.56 bits per heavy atom. The summed E-state index contributed by atoms with van der Waals surface area (Å²) in [6, 6.07) is 15.3.